The molecule has 0 bridgehead atoms. The number of ether oxygens (including phenoxy) is 1. The summed E-state index contributed by atoms with van der Waals surface area (Å²) in [4.78, 5) is 35.9. The average molecular weight is 495 g/mol. The van der Waals surface area contributed by atoms with Crippen molar-refractivity contribution in [1.82, 2.24) is 0 Å². The highest BCUT2D eigenvalue weighted by Crippen LogP contribution is 2.42. The Morgan fingerprint density at radius 3 is 2.45 bits per heavy atom. The lowest BCUT2D eigenvalue weighted by Gasteiger charge is -2.27. The summed E-state index contributed by atoms with van der Waals surface area (Å²) in [5.41, 5.74) is 0.716. The topological polar surface area (TPSA) is 133 Å². The molecule has 3 rings (SSSR count). The third kappa shape index (κ3) is 4.86. The van der Waals surface area contributed by atoms with Gasteiger partial charge in [-0.25, -0.2) is 8.42 Å². The second kappa shape index (κ2) is 9.48. The third-order valence-electron chi connectivity index (χ3n) is 5.70. The Morgan fingerprint density at radius 2 is 1.82 bits per heavy atom. The van der Waals surface area contributed by atoms with Crippen LogP contribution in [0.2, 0.25) is 5.02 Å². The van der Waals surface area contributed by atoms with Crippen molar-refractivity contribution in [3.05, 3.63) is 62.7 Å². The van der Waals surface area contributed by atoms with E-state index in [4.69, 9.17) is 16.3 Å². The summed E-state index contributed by atoms with van der Waals surface area (Å²) in [7, 11) is -4.09. The van der Waals surface area contributed by atoms with Gasteiger partial charge >= 0.3 is 5.97 Å². The van der Waals surface area contributed by atoms with E-state index in [1.54, 1.807) is 26.0 Å². The number of carbonyl (C=O) groups excluding carboxylic acids is 2. The van der Waals surface area contributed by atoms with Gasteiger partial charge in [-0.15, -0.1) is 0 Å². The summed E-state index contributed by atoms with van der Waals surface area (Å²) in [6, 6.07) is 8.69. The highest BCUT2D eigenvalue weighted by atomic mass is 35.5. The number of hydrogen-bond acceptors (Lipinski definition) is 7. The van der Waals surface area contributed by atoms with Crippen molar-refractivity contribution in [2.24, 2.45) is 0 Å². The van der Waals surface area contributed by atoms with Crippen LogP contribution in [-0.2, 0) is 24.2 Å². The molecule has 33 heavy (non-hydrogen) atoms. The third-order valence-corrected chi connectivity index (χ3v) is 8.55. The van der Waals surface area contributed by atoms with E-state index in [0.29, 0.717) is 18.4 Å². The number of aryl methyl sites for hydroxylation is 2. The van der Waals surface area contributed by atoms with Crippen molar-refractivity contribution >= 4 is 44.7 Å². The maximum absolute atomic E-state index is 13.6. The van der Waals surface area contributed by atoms with Gasteiger partial charge in [0.15, 0.2) is 21.2 Å². The van der Waals surface area contributed by atoms with Crippen molar-refractivity contribution < 1.29 is 27.7 Å². The van der Waals surface area contributed by atoms with Gasteiger partial charge in [-0.3, -0.25) is 19.7 Å². The highest BCUT2D eigenvalue weighted by molar-refractivity contribution is 7.93. The number of amides is 1. The first kappa shape index (κ1) is 24.7. The fourth-order valence-electron chi connectivity index (χ4n) is 3.95. The number of nitro benzene ring substituents is 1. The first-order valence-corrected chi connectivity index (χ1v) is 12.1. The molecule has 1 aliphatic carbocycles. The number of halogens is 1. The van der Waals surface area contributed by atoms with Crippen LogP contribution in [0.15, 0.2) is 41.3 Å². The first-order chi connectivity index (χ1) is 15.5. The molecule has 1 amide bonds. The summed E-state index contributed by atoms with van der Waals surface area (Å²) in [5.74, 6) is -1.84. The SMILES string of the molecule is Cc1ccc(C)c(S(=O)(=O)C2(C(=O)OCC(=O)Nc3ccc(Cl)cc3[N+](=O)[O-])CCCC2)c1. The van der Waals surface area contributed by atoms with E-state index in [2.05, 4.69) is 5.32 Å². The zero-order valence-corrected chi connectivity index (χ0v) is 19.7. The van der Waals surface area contributed by atoms with Crippen LogP contribution >= 0.6 is 11.6 Å². The van der Waals surface area contributed by atoms with E-state index < -0.39 is 43.7 Å². The highest BCUT2D eigenvalue weighted by Gasteiger charge is 2.54. The fourth-order valence-corrected chi connectivity index (χ4v) is 6.47. The van der Waals surface area contributed by atoms with Gasteiger partial charge in [0, 0.05) is 11.1 Å². The minimum Gasteiger partial charge on any atom is -0.454 e. The Kier molecular flexibility index (Phi) is 7.08. The van der Waals surface area contributed by atoms with E-state index in [-0.39, 0.29) is 28.4 Å². The zero-order chi connectivity index (χ0) is 24.4. The minimum atomic E-state index is -4.09. The van der Waals surface area contributed by atoms with Gasteiger partial charge in [0.05, 0.1) is 9.82 Å². The molecule has 9 nitrogen and oxygen atoms in total. The lowest BCUT2D eigenvalue weighted by atomic mass is 10.1. The van der Waals surface area contributed by atoms with Crippen molar-refractivity contribution in [2.45, 2.75) is 49.2 Å². The average Bonchev–Trinajstić information content (AvgIpc) is 3.26. The van der Waals surface area contributed by atoms with Crippen LogP contribution in [0.25, 0.3) is 0 Å². The van der Waals surface area contributed by atoms with E-state index in [1.807, 2.05) is 0 Å². The number of nitrogens with zero attached hydrogens (tertiary/aromatic N) is 1. The Hall–Kier alpha value is -2.98. The first-order valence-electron chi connectivity index (χ1n) is 10.2. The van der Waals surface area contributed by atoms with Crippen molar-refractivity contribution in [3.63, 3.8) is 0 Å². The van der Waals surface area contributed by atoms with Crippen molar-refractivity contribution in [1.29, 1.82) is 0 Å². The second-order valence-corrected chi connectivity index (χ2v) is 10.7. The molecule has 1 saturated carbocycles. The number of esters is 1. The van der Waals surface area contributed by atoms with Gasteiger partial charge in [0.25, 0.3) is 11.6 Å². The predicted molar refractivity (Wildman–Crippen MR) is 122 cm³/mol. The molecule has 1 aliphatic rings. The van der Waals surface area contributed by atoms with E-state index in [1.165, 1.54) is 18.2 Å². The molecule has 2 aromatic carbocycles. The summed E-state index contributed by atoms with van der Waals surface area (Å²) in [6.07, 6.45) is 1.24. The maximum atomic E-state index is 13.6. The molecule has 0 unspecified atom stereocenters. The van der Waals surface area contributed by atoms with Crippen LogP contribution in [0.3, 0.4) is 0 Å². The molecule has 0 aliphatic heterocycles. The molecule has 0 atom stereocenters. The number of anilines is 1. The number of benzene rings is 2. The van der Waals surface area contributed by atoms with Crippen LogP contribution in [0.4, 0.5) is 11.4 Å². The van der Waals surface area contributed by atoms with Crippen LogP contribution in [0, 0.1) is 24.0 Å². The van der Waals surface area contributed by atoms with Crippen LogP contribution in [-0.4, -0.2) is 36.6 Å². The van der Waals surface area contributed by atoms with Crippen LogP contribution < -0.4 is 5.32 Å². The van der Waals surface area contributed by atoms with Gasteiger partial charge in [-0.05, 0) is 56.0 Å². The lowest BCUT2D eigenvalue weighted by Crippen LogP contribution is -2.46. The lowest BCUT2D eigenvalue weighted by molar-refractivity contribution is -0.383. The fraction of sp³-hybridized carbons (Fsp3) is 0.364. The quantitative estimate of drug-likeness (QED) is 0.347. The van der Waals surface area contributed by atoms with E-state index in [0.717, 1.165) is 11.6 Å². The molecule has 176 valence electrons. The van der Waals surface area contributed by atoms with Crippen molar-refractivity contribution in [2.75, 3.05) is 11.9 Å². The number of hydrogen-bond donors (Lipinski definition) is 1. The smallest absolute Gasteiger partial charge is 0.328 e. The largest absolute Gasteiger partial charge is 0.454 e. The Balaban J connectivity index is 1.80. The summed E-state index contributed by atoms with van der Waals surface area (Å²) < 4.78 is 30.5. The normalized spacial score (nSPS) is 15.1. The second-order valence-electron chi connectivity index (χ2n) is 8.02. The van der Waals surface area contributed by atoms with E-state index in [9.17, 15) is 28.1 Å². The summed E-state index contributed by atoms with van der Waals surface area (Å²) in [5, 5.41) is 13.6. The molecule has 0 aromatic heterocycles. The number of carbonyl (C=O) groups is 2. The minimum absolute atomic E-state index is 0.0718. The molecule has 2 aromatic rings. The van der Waals surface area contributed by atoms with Gasteiger partial charge in [0.1, 0.15) is 5.69 Å². The molecular weight excluding hydrogens is 472 g/mol. The standard InChI is InChI=1S/C22H23ClN2O7S/c1-14-5-6-15(2)19(11-14)33(30,31)22(9-3-4-10-22)21(27)32-13-20(26)24-17-8-7-16(23)12-18(17)25(28)29/h5-8,11-12H,3-4,9-10,13H2,1-2H3,(H,24,26). The van der Waals surface area contributed by atoms with Gasteiger partial charge in [-0.1, -0.05) is 36.6 Å². The van der Waals surface area contributed by atoms with E-state index >= 15 is 0 Å². The molecule has 11 heteroatoms. The number of nitrogens with one attached hydrogen (secondary N) is 1. The molecule has 1 fully saturated rings. The summed E-state index contributed by atoms with van der Waals surface area (Å²) >= 11 is 5.76. The van der Waals surface area contributed by atoms with Crippen LogP contribution in [0.1, 0.15) is 36.8 Å². The number of nitro groups is 1. The zero-order valence-electron chi connectivity index (χ0n) is 18.1. The maximum Gasteiger partial charge on any atom is 0.328 e. The Labute approximate surface area is 196 Å². The molecule has 1 N–H and O–H groups in total. The summed E-state index contributed by atoms with van der Waals surface area (Å²) in [6.45, 7) is 2.63. The Bertz CT molecular complexity index is 1220. The molecular formula is C22H23ClN2O7S. The molecule has 0 saturated heterocycles. The van der Waals surface area contributed by atoms with Gasteiger partial charge in [-0.2, -0.15) is 0 Å². The number of rotatable bonds is 7. The van der Waals surface area contributed by atoms with Gasteiger partial charge < -0.3 is 10.1 Å². The molecule has 0 spiro atoms. The van der Waals surface area contributed by atoms with Gasteiger partial charge in [0.2, 0.25) is 0 Å². The van der Waals surface area contributed by atoms with Crippen LogP contribution in [0.5, 0.6) is 0 Å². The predicted octanol–water partition coefficient (Wildman–Crippen LogP) is 4.13. The molecule has 0 radical (unpaired) electrons. The number of sulfone groups is 1. The molecule has 0 heterocycles. The monoisotopic (exact) mass is 494 g/mol. The Morgan fingerprint density at radius 1 is 1.15 bits per heavy atom. The van der Waals surface area contributed by atoms with Crippen molar-refractivity contribution in [3.8, 4) is 0 Å².